The molecule has 1 aliphatic rings. The van der Waals surface area contributed by atoms with E-state index in [1.807, 2.05) is 0 Å². The predicted octanol–water partition coefficient (Wildman–Crippen LogP) is 2.11. The maximum atomic E-state index is 12.2. The summed E-state index contributed by atoms with van der Waals surface area (Å²) < 4.78 is 5.53. The molecule has 20 heavy (non-hydrogen) atoms. The molecule has 1 aromatic heterocycles. The fraction of sp³-hybridized carbons (Fsp3) is 0.154. The SMILES string of the molecule is CC1Oc2c(cccc2C(=O)Nc2nccs2)NC1=O. The molecule has 7 heteroatoms. The third-order valence-corrected chi connectivity index (χ3v) is 3.52. The standard InChI is InChI=1S/C13H11N3O3S/c1-7-11(17)15-9-4-2-3-8(10(9)19-7)12(18)16-13-14-5-6-20-13/h2-7H,1H3,(H,15,17)(H,14,16,18). The summed E-state index contributed by atoms with van der Waals surface area (Å²) in [5.74, 6) is -0.163. The number of thiazole rings is 1. The number of rotatable bonds is 2. The minimum Gasteiger partial charge on any atom is -0.478 e. The lowest BCUT2D eigenvalue weighted by Gasteiger charge is -2.24. The quantitative estimate of drug-likeness (QED) is 0.887. The minimum absolute atomic E-state index is 0.227. The van der Waals surface area contributed by atoms with E-state index in [2.05, 4.69) is 15.6 Å². The molecule has 0 spiro atoms. The second kappa shape index (κ2) is 4.93. The molecule has 0 saturated heterocycles. The molecule has 3 rings (SSSR count). The van der Waals surface area contributed by atoms with Crippen molar-refractivity contribution in [2.45, 2.75) is 13.0 Å². The van der Waals surface area contributed by atoms with E-state index in [4.69, 9.17) is 4.74 Å². The Morgan fingerprint density at radius 2 is 2.35 bits per heavy atom. The van der Waals surface area contributed by atoms with Gasteiger partial charge in [-0.15, -0.1) is 11.3 Å². The normalized spacial score (nSPS) is 16.9. The van der Waals surface area contributed by atoms with Gasteiger partial charge in [-0.3, -0.25) is 14.9 Å². The number of nitrogens with zero attached hydrogens (tertiary/aromatic N) is 1. The Balaban J connectivity index is 1.93. The molecule has 1 unspecified atom stereocenters. The Morgan fingerprint density at radius 3 is 3.10 bits per heavy atom. The summed E-state index contributed by atoms with van der Waals surface area (Å²) in [5, 5.41) is 7.68. The first-order valence-corrected chi connectivity index (χ1v) is 6.84. The van der Waals surface area contributed by atoms with Crippen molar-refractivity contribution < 1.29 is 14.3 Å². The fourth-order valence-electron chi connectivity index (χ4n) is 1.86. The number of carbonyl (C=O) groups is 2. The number of hydrogen-bond acceptors (Lipinski definition) is 5. The number of carbonyl (C=O) groups excluding carboxylic acids is 2. The van der Waals surface area contributed by atoms with E-state index in [-0.39, 0.29) is 11.8 Å². The molecule has 2 amide bonds. The summed E-state index contributed by atoms with van der Waals surface area (Å²) in [6, 6.07) is 5.03. The monoisotopic (exact) mass is 289 g/mol. The van der Waals surface area contributed by atoms with Crippen LogP contribution in [-0.2, 0) is 4.79 Å². The number of ether oxygens (including phenoxy) is 1. The number of benzene rings is 1. The van der Waals surface area contributed by atoms with Crippen molar-refractivity contribution in [2.75, 3.05) is 10.6 Å². The van der Waals surface area contributed by atoms with Crippen LogP contribution in [0.15, 0.2) is 29.8 Å². The van der Waals surface area contributed by atoms with Gasteiger partial charge in [0.2, 0.25) is 0 Å². The van der Waals surface area contributed by atoms with Crippen molar-refractivity contribution in [3.63, 3.8) is 0 Å². The van der Waals surface area contributed by atoms with Gasteiger partial charge in [0.25, 0.3) is 11.8 Å². The molecule has 1 aromatic carbocycles. The number of aromatic nitrogens is 1. The van der Waals surface area contributed by atoms with Crippen molar-refractivity contribution in [1.29, 1.82) is 0 Å². The summed E-state index contributed by atoms with van der Waals surface area (Å²) in [4.78, 5) is 27.8. The van der Waals surface area contributed by atoms with Crippen LogP contribution in [0.5, 0.6) is 5.75 Å². The van der Waals surface area contributed by atoms with Gasteiger partial charge in [0.05, 0.1) is 11.3 Å². The van der Waals surface area contributed by atoms with Crippen LogP contribution in [0.1, 0.15) is 17.3 Å². The summed E-state index contributed by atoms with van der Waals surface area (Å²) >= 11 is 1.33. The van der Waals surface area contributed by atoms with Crippen LogP contribution in [0.4, 0.5) is 10.8 Å². The van der Waals surface area contributed by atoms with E-state index >= 15 is 0 Å². The van der Waals surface area contributed by atoms with Gasteiger partial charge in [0.1, 0.15) is 0 Å². The van der Waals surface area contributed by atoms with Gasteiger partial charge in [0, 0.05) is 11.6 Å². The van der Waals surface area contributed by atoms with Crippen LogP contribution in [0.2, 0.25) is 0 Å². The molecular formula is C13H11N3O3S. The molecule has 2 N–H and O–H groups in total. The van der Waals surface area contributed by atoms with Crippen molar-refractivity contribution in [2.24, 2.45) is 0 Å². The zero-order chi connectivity index (χ0) is 14.1. The van der Waals surface area contributed by atoms with E-state index in [9.17, 15) is 9.59 Å². The van der Waals surface area contributed by atoms with Crippen LogP contribution in [0.25, 0.3) is 0 Å². The lowest BCUT2D eigenvalue weighted by molar-refractivity contribution is -0.122. The van der Waals surface area contributed by atoms with Crippen molar-refractivity contribution in [3.8, 4) is 5.75 Å². The third-order valence-electron chi connectivity index (χ3n) is 2.83. The van der Waals surface area contributed by atoms with Crippen LogP contribution in [0.3, 0.4) is 0 Å². The van der Waals surface area contributed by atoms with Gasteiger partial charge in [-0.2, -0.15) is 0 Å². The molecule has 6 nitrogen and oxygen atoms in total. The molecule has 0 saturated carbocycles. The highest BCUT2D eigenvalue weighted by molar-refractivity contribution is 7.13. The number of para-hydroxylation sites is 1. The van der Waals surface area contributed by atoms with E-state index in [1.54, 1.807) is 36.7 Å². The van der Waals surface area contributed by atoms with E-state index in [0.717, 1.165) is 0 Å². The van der Waals surface area contributed by atoms with Crippen LogP contribution < -0.4 is 15.4 Å². The smallest absolute Gasteiger partial charge is 0.265 e. The average Bonchev–Trinajstić information content (AvgIpc) is 2.92. The zero-order valence-electron chi connectivity index (χ0n) is 10.5. The Labute approximate surface area is 118 Å². The number of amides is 2. The number of fused-ring (bicyclic) bond motifs is 1. The number of hydrogen-bond donors (Lipinski definition) is 2. The summed E-state index contributed by atoms with van der Waals surface area (Å²) in [6.45, 7) is 1.63. The second-order valence-corrected chi connectivity index (χ2v) is 5.12. The molecular weight excluding hydrogens is 278 g/mol. The zero-order valence-corrected chi connectivity index (χ0v) is 11.4. The number of anilines is 2. The van der Waals surface area contributed by atoms with Crippen LogP contribution >= 0.6 is 11.3 Å². The first kappa shape index (κ1) is 12.6. The largest absolute Gasteiger partial charge is 0.478 e. The van der Waals surface area contributed by atoms with Gasteiger partial charge in [0.15, 0.2) is 17.0 Å². The molecule has 0 bridgehead atoms. The third kappa shape index (κ3) is 2.23. The van der Waals surface area contributed by atoms with Gasteiger partial charge in [-0.05, 0) is 19.1 Å². The summed E-state index contributed by atoms with van der Waals surface area (Å²) in [7, 11) is 0. The highest BCUT2D eigenvalue weighted by atomic mass is 32.1. The Morgan fingerprint density at radius 1 is 1.50 bits per heavy atom. The molecule has 0 radical (unpaired) electrons. The number of nitrogens with one attached hydrogen (secondary N) is 2. The highest BCUT2D eigenvalue weighted by Crippen LogP contribution is 2.33. The summed E-state index contributed by atoms with van der Waals surface area (Å²) in [6.07, 6.45) is 0.982. The average molecular weight is 289 g/mol. The molecule has 2 aromatic rings. The van der Waals surface area contributed by atoms with Crippen molar-refractivity contribution in [1.82, 2.24) is 4.98 Å². The molecule has 2 heterocycles. The van der Waals surface area contributed by atoms with E-state index in [0.29, 0.717) is 22.1 Å². The minimum atomic E-state index is -0.628. The second-order valence-electron chi connectivity index (χ2n) is 4.22. The molecule has 1 aliphatic heterocycles. The molecule has 1 atom stereocenters. The van der Waals surface area contributed by atoms with Crippen LogP contribution in [0, 0.1) is 0 Å². The Bertz CT molecular complexity index is 670. The molecule has 0 aliphatic carbocycles. The first-order valence-electron chi connectivity index (χ1n) is 5.96. The van der Waals surface area contributed by atoms with Crippen molar-refractivity contribution >= 4 is 34.0 Å². The first-order chi connectivity index (χ1) is 9.65. The maximum Gasteiger partial charge on any atom is 0.265 e. The summed E-state index contributed by atoms with van der Waals surface area (Å²) in [5.41, 5.74) is 0.865. The Kier molecular flexibility index (Phi) is 3.11. The highest BCUT2D eigenvalue weighted by Gasteiger charge is 2.27. The lowest BCUT2D eigenvalue weighted by Crippen LogP contribution is -2.35. The van der Waals surface area contributed by atoms with Crippen molar-refractivity contribution in [3.05, 3.63) is 35.3 Å². The van der Waals surface area contributed by atoms with E-state index in [1.165, 1.54) is 11.3 Å². The topological polar surface area (TPSA) is 80.3 Å². The fourth-order valence-corrected chi connectivity index (χ4v) is 2.38. The van der Waals surface area contributed by atoms with Gasteiger partial charge >= 0.3 is 0 Å². The molecule has 102 valence electrons. The predicted molar refractivity (Wildman–Crippen MR) is 75.2 cm³/mol. The van der Waals surface area contributed by atoms with Gasteiger partial charge in [-0.1, -0.05) is 6.07 Å². The van der Waals surface area contributed by atoms with Gasteiger partial charge < -0.3 is 10.1 Å². The van der Waals surface area contributed by atoms with Gasteiger partial charge in [-0.25, -0.2) is 4.98 Å². The van der Waals surface area contributed by atoms with Crippen LogP contribution in [-0.4, -0.2) is 22.9 Å². The maximum absolute atomic E-state index is 12.2. The molecule has 0 fully saturated rings. The lowest BCUT2D eigenvalue weighted by atomic mass is 10.1. The van der Waals surface area contributed by atoms with E-state index < -0.39 is 6.10 Å². The Hall–Kier alpha value is -2.41.